The van der Waals surface area contributed by atoms with E-state index in [1.165, 1.54) is 11.1 Å². The lowest BCUT2D eigenvalue weighted by atomic mass is 10.0. The summed E-state index contributed by atoms with van der Waals surface area (Å²) in [6.45, 7) is 6.42. The fraction of sp³-hybridized carbons (Fsp3) is 0.263. The minimum Gasteiger partial charge on any atom is -0.484 e. The molecule has 4 heteroatoms. The quantitative estimate of drug-likeness (QED) is 0.682. The molecule has 0 aliphatic rings. The molecule has 3 aromatic rings. The molecule has 0 unspecified atom stereocenters. The van der Waals surface area contributed by atoms with Gasteiger partial charge in [0.05, 0.1) is 0 Å². The van der Waals surface area contributed by atoms with Crippen molar-refractivity contribution >= 4 is 0 Å². The average molecular weight is 308 g/mol. The number of rotatable bonds is 5. The molecule has 0 aliphatic heterocycles. The van der Waals surface area contributed by atoms with E-state index in [0.717, 1.165) is 11.3 Å². The van der Waals surface area contributed by atoms with Crippen LogP contribution >= 0.6 is 0 Å². The van der Waals surface area contributed by atoms with Crippen LogP contribution in [0.5, 0.6) is 5.75 Å². The lowest BCUT2D eigenvalue weighted by Crippen LogP contribution is -1.96. The van der Waals surface area contributed by atoms with Crippen LogP contribution in [0.15, 0.2) is 53.1 Å². The number of benzene rings is 2. The molecular weight excluding hydrogens is 288 g/mol. The van der Waals surface area contributed by atoms with E-state index in [1.54, 1.807) is 0 Å². The molecule has 0 spiro atoms. The molecule has 0 atom stereocenters. The Morgan fingerprint density at radius 2 is 1.57 bits per heavy atom. The number of aryl methyl sites for hydroxylation is 1. The molecule has 0 N–H and O–H groups in total. The molecule has 23 heavy (non-hydrogen) atoms. The van der Waals surface area contributed by atoms with Gasteiger partial charge < -0.3 is 9.26 Å². The Morgan fingerprint density at radius 3 is 2.13 bits per heavy atom. The molecule has 0 radical (unpaired) electrons. The topological polar surface area (TPSA) is 48.2 Å². The van der Waals surface area contributed by atoms with Gasteiger partial charge in [0.15, 0.2) is 12.4 Å². The van der Waals surface area contributed by atoms with E-state index in [4.69, 9.17) is 9.26 Å². The first-order valence-corrected chi connectivity index (χ1v) is 7.74. The first-order valence-electron chi connectivity index (χ1n) is 7.74. The van der Waals surface area contributed by atoms with Crippen molar-refractivity contribution in [3.05, 3.63) is 65.8 Å². The van der Waals surface area contributed by atoms with Gasteiger partial charge in [0.25, 0.3) is 5.89 Å². The van der Waals surface area contributed by atoms with Crippen molar-refractivity contribution in [2.24, 2.45) is 0 Å². The van der Waals surface area contributed by atoms with Crippen LogP contribution in [0, 0.1) is 6.92 Å². The third-order valence-corrected chi connectivity index (χ3v) is 3.60. The van der Waals surface area contributed by atoms with Gasteiger partial charge >= 0.3 is 0 Å². The highest BCUT2D eigenvalue weighted by Crippen LogP contribution is 2.23. The zero-order valence-electron chi connectivity index (χ0n) is 13.6. The summed E-state index contributed by atoms with van der Waals surface area (Å²) in [5, 5.41) is 3.92. The molecule has 118 valence electrons. The first-order chi connectivity index (χ1) is 11.1. The lowest BCUT2D eigenvalue weighted by molar-refractivity contribution is 0.242. The standard InChI is InChI=1S/C19H20N2O2/c1-13(2)19-20-18(23-21-19)12-22-17-10-8-16(9-11-17)15-6-4-14(3)5-7-15/h4-11,13H,12H2,1-3H3. The van der Waals surface area contributed by atoms with E-state index in [1.807, 2.05) is 38.1 Å². The Morgan fingerprint density at radius 1 is 0.957 bits per heavy atom. The number of aromatic nitrogens is 2. The summed E-state index contributed by atoms with van der Waals surface area (Å²) >= 11 is 0. The Labute approximate surface area is 136 Å². The maximum absolute atomic E-state index is 5.70. The number of hydrogen-bond acceptors (Lipinski definition) is 4. The van der Waals surface area contributed by atoms with Gasteiger partial charge in [-0.05, 0) is 30.2 Å². The van der Waals surface area contributed by atoms with Gasteiger partial charge in [-0.2, -0.15) is 4.98 Å². The van der Waals surface area contributed by atoms with Crippen LogP contribution in [0.25, 0.3) is 11.1 Å². The third-order valence-electron chi connectivity index (χ3n) is 3.60. The van der Waals surface area contributed by atoms with E-state index in [0.29, 0.717) is 11.7 Å². The zero-order chi connectivity index (χ0) is 16.2. The maximum atomic E-state index is 5.70. The number of nitrogens with zero attached hydrogens (tertiary/aromatic N) is 2. The van der Waals surface area contributed by atoms with Crippen molar-refractivity contribution < 1.29 is 9.26 Å². The van der Waals surface area contributed by atoms with E-state index in [9.17, 15) is 0 Å². The molecule has 0 aliphatic carbocycles. The van der Waals surface area contributed by atoms with Crippen molar-refractivity contribution in [3.8, 4) is 16.9 Å². The van der Waals surface area contributed by atoms with Crippen molar-refractivity contribution in [1.82, 2.24) is 10.1 Å². The molecule has 4 nitrogen and oxygen atoms in total. The summed E-state index contributed by atoms with van der Waals surface area (Å²) in [5.41, 5.74) is 3.62. The van der Waals surface area contributed by atoms with E-state index in [-0.39, 0.29) is 12.5 Å². The second-order valence-corrected chi connectivity index (χ2v) is 5.88. The summed E-state index contributed by atoms with van der Waals surface area (Å²) in [6.07, 6.45) is 0. The number of ether oxygens (including phenoxy) is 1. The minimum atomic E-state index is 0.251. The summed E-state index contributed by atoms with van der Waals surface area (Å²) in [6, 6.07) is 16.5. The lowest BCUT2D eigenvalue weighted by Gasteiger charge is -2.06. The van der Waals surface area contributed by atoms with Gasteiger partial charge in [0.1, 0.15) is 5.75 Å². The molecule has 2 aromatic carbocycles. The zero-order valence-corrected chi connectivity index (χ0v) is 13.6. The van der Waals surface area contributed by atoms with Gasteiger partial charge in [-0.15, -0.1) is 0 Å². The van der Waals surface area contributed by atoms with Gasteiger partial charge in [-0.3, -0.25) is 0 Å². The molecular formula is C19H20N2O2. The van der Waals surface area contributed by atoms with Crippen molar-refractivity contribution in [3.63, 3.8) is 0 Å². The monoisotopic (exact) mass is 308 g/mol. The van der Waals surface area contributed by atoms with E-state index >= 15 is 0 Å². The Balaban J connectivity index is 1.64. The normalized spacial score (nSPS) is 11.0. The predicted molar refractivity (Wildman–Crippen MR) is 89.3 cm³/mol. The minimum absolute atomic E-state index is 0.251. The van der Waals surface area contributed by atoms with Gasteiger partial charge in [-0.25, -0.2) is 0 Å². The van der Waals surface area contributed by atoms with Gasteiger partial charge in [0, 0.05) is 5.92 Å². The molecule has 3 rings (SSSR count). The molecule has 1 aromatic heterocycles. The summed E-state index contributed by atoms with van der Waals surface area (Å²) in [4.78, 5) is 4.30. The van der Waals surface area contributed by atoms with E-state index in [2.05, 4.69) is 41.3 Å². The molecule has 0 bridgehead atoms. The Bertz CT molecular complexity index is 759. The van der Waals surface area contributed by atoms with Crippen LogP contribution in [-0.4, -0.2) is 10.1 Å². The average Bonchev–Trinajstić information content (AvgIpc) is 3.04. The van der Waals surface area contributed by atoms with Crippen molar-refractivity contribution in [1.29, 1.82) is 0 Å². The van der Waals surface area contributed by atoms with Crippen LogP contribution in [0.1, 0.15) is 37.0 Å². The summed E-state index contributed by atoms with van der Waals surface area (Å²) in [7, 11) is 0. The molecule has 0 amide bonds. The molecule has 1 heterocycles. The van der Waals surface area contributed by atoms with Crippen molar-refractivity contribution in [2.75, 3.05) is 0 Å². The molecule has 0 fully saturated rings. The highest BCUT2D eigenvalue weighted by molar-refractivity contribution is 5.64. The molecule has 0 saturated carbocycles. The second-order valence-electron chi connectivity index (χ2n) is 5.88. The fourth-order valence-electron chi connectivity index (χ4n) is 2.20. The first kappa shape index (κ1) is 15.3. The van der Waals surface area contributed by atoms with Crippen LogP contribution in [-0.2, 0) is 6.61 Å². The molecule has 0 saturated heterocycles. The summed E-state index contributed by atoms with van der Waals surface area (Å²) in [5.74, 6) is 2.24. The predicted octanol–water partition coefficient (Wildman–Crippen LogP) is 4.75. The fourth-order valence-corrected chi connectivity index (χ4v) is 2.20. The van der Waals surface area contributed by atoms with Crippen LogP contribution < -0.4 is 4.74 Å². The Hall–Kier alpha value is -2.62. The van der Waals surface area contributed by atoms with Gasteiger partial charge in [-0.1, -0.05) is 61.0 Å². The second kappa shape index (κ2) is 6.65. The SMILES string of the molecule is Cc1ccc(-c2ccc(OCc3nc(C(C)C)no3)cc2)cc1. The number of hydrogen-bond donors (Lipinski definition) is 0. The highest BCUT2D eigenvalue weighted by Gasteiger charge is 2.10. The largest absolute Gasteiger partial charge is 0.484 e. The van der Waals surface area contributed by atoms with Crippen LogP contribution in [0.4, 0.5) is 0 Å². The highest BCUT2D eigenvalue weighted by atomic mass is 16.5. The smallest absolute Gasteiger partial charge is 0.264 e. The van der Waals surface area contributed by atoms with E-state index < -0.39 is 0 Å². The van der Waals surface area contributed by atoms with Crippen LogP contribution in [0.2, 0.25) is 0 Å². The Kier molecular flexibility index (Phi) is 4.42. The van der Waals surface area contributed by atoms with Crippen LogP contribution in [0.3, 0.4) is 0 Å². The third kappa shape index (κ3) is 3.77. The summed E-state index contributed by atoms with van der Waals surface area (Å²) < 4.78 is 10.9. The van der Waals surface area contributed by atoms with Crippen molar-refractivity contribution in [2.45, 2.75) is 33.3 Å². The van der Waals surface area contributed by atoms with Gasteiger partial charge in [0.2, 0.25) is 0 Å². The maximum Gasteiger partial charge on any atom is 0.264 e.